The highest BCUT2D eigenvalue weighted by atomic mass is 32.2. The van der Waals surface area contributed by atoms with E-state index in [1.54, 1.807) is 18.0 Å². The van der Waals surface area contributed by atoms with Crippen molar-refractivity contribution in [3.8, 4) is 0 Å². The number of thioether (sulfide) groups is 1. The van der Waals surface area contributed by atoms with E-state index < -0.39 is 6.04 Å². The van der Waals surface area contributed by atoms with Gasteiger partial charge in [0.2, 0.25) is 5.91 Å². The van der Waals surface area contributed by atoms with Crippen molar-refractivity contribution >= 4 is 23.6 Å². The Labute approximate surface area is 122 Å². The Hall–Kier alpha value is -1.53. The van der Waals surface area contributed by atoms with E-state index in [2.05, 4.69) is 5.32 Å². The van der Waals surface area contributed by atoms with Gasteiger partial charge in [0, 0.05) is 24.5 Å². The first kappa shape index (κ1) is 14.9. The summed E-state index contributed by atoms with van der Waals surface area (Å²) in [6.07, 6.45) is 2.44. The zero-order valence-electron chi connectivity index (χ0n) is 11.6. The normalized spacial score (nSPS) is 21.9. The van der Waals surface area contributed by atoms with Crippen LogP contribution < -0.4 is 11.1 Å². The second kappa shape index (κ2) is 6.28. The molecule has 1 fully saturated rings. The smallest absolute Gasteiger partial charge is 0.255 e. The van der Waals surface area contributed by atoms with E-state index >= 15 is 0 Å². The Kier molecular flexibility index (Phi) is 4.67. The summed E-state index contributed by atoms with van der Waals surface area (Å²) >= 11 is 1.52. The fraction of sp³-hybridized carbons (Fsp3) is 0.429. The van der Waals surface area contributed by atoms with Crippen LogP contribution in [0.25, 0.3) is 0 Å². The lowest BCUT2D eigenvalue weighted by atomic mass is 10.1. The van der Waals surface area contributed by atoms with Crippen LogP contribution in [0.5, 0.6) is 0 Å². The number of hydrogen-bond acceptors (Lipinski definition) is 4. The van der Waals surface area contributed by atoms with Gasteiger partial charge in [-0.15, -0.1) is 11.8 Å². The molecule has 1 saturated heterocycles. The summed E-state index contributed by atoms with van der Waals surface area (Å²) in [5.41, 5.74) is 6.54. The molecule has 0 radical (unpaired) electrons. The number of nitrogens with two attached hydrogens (primary N) is 1. The van der Waals surface area contributed by atoms with Crippen LogP contribution in [0, 0.1) is 0 Å². The predicted octanol–water partition coefficient (Wildman–Crippen LogP) is 0.696. The molecule has 0 spiro atoms. The zero-order chi connectivity index (χ0) is 14.7. The molecule has 1 aromatic carbocycles. The molecule has 3 N–H and O–H groups in total. The monoisotopic (exact) mass is 293 g/mol. The van der Waals surface area contributed by atoms with Gasteiger partial charge in [0.15, 0.2) is 0 Å². The van der Waals surface area contributed by atoms with Crippen molar-refractivity contribution in [3.05, 3.63) is 29.8 Å². The Morgan fingerprint density at radius 2 is 2.10 bits per heavy atom. The molecule has 6 heteroatoms. The molecule has 2 rings (SSSR count). The van der Waals surface area contributed by atoms with E-state index in [0.29, 0.717) is 18.5 Å². The Bertz CT molecular complexity index is 521. The van der Waals surface area contributed by atoms with Gasteiger partial charge in [-0.25, -0.2) is 0 Å². The number of likely N-dealkylation sites (tertiary alicyclic amines) is 1. The van der Waals surface area contributed by atoms with Gasteiger partial charge in [0.1, 0.15) is 6.04 Å². The summed E-state index contributed by atoms with van der Waals surface area (Å²) in [5.74, 6) is -0.288. The summed E-state index contributed by atoms with van der Waals surface area (Å²) in [6, 6.07) is 6.80. The minimum Gasteiger partial charge on any atom is -0.357 e. The fourth-order valence-corrected chi connectivity index (χ4v) is 3.07. The molecule has 20 heavy (non-hydrogen) atoms. The number of likely N-dealkylation sites (N-methyl/N-ethyl adjacent to an activating group) is 1. The largest absolute Gasteiger partial charge is 0.357 e. The second-order valence-electron chi connectivity index (χ2n) is 4.78. The molecule has 108 valence electrons. The molecule has 5 nitrogen and oxygen atoms in total. The van der Waals surface area contributed by atoms with Gasteiger partial charge < -0.3 is 16.0 Å². The number of hydrogen-bond donors (Lipinski definition) is 2. The molecule has 0 aromatic heterocycles. The summed E-state index contributed by atoms with van der Waals surface area (Å²) in [6.45, 7) is 0.416. The molecule has 2 atom stereocenters. The quantitative estimate of drug-likeness (QED) is 0.804. The summed E-state index contributed by atoms with van der Waals surface area (Å²) < 4.78 is 0. The number of nitrogens with one attached hydrogen (secondary N) is 1. The fourth-order valence-electron chi connectivity index (χ4n) is 2.48. The number of amides is 2. The molecule has 2 amide bonds. The summed E-state index contributed by atoms with van der Waals surface area (Å²) in [4.78, 5) is 27.1. The molecular weight excluding hydrogens is 274 g/mol. The third-order valence-corrected chi connectivity index (χ3v) is 4.28. The van der Waals surface area contributed by atoms with Crippen molar-refractivity contribution in [1.82, 2.24) is 10.2 Å². The average molecular weight is 293 g/mol. The second-order valence-corrected chi connectivity index (χ2v) is 5.63. The van der Waals surface area contributed by atoms with Gasteiger partial charge in [0.25, 0.3) is 5.91 Å². The predicted molar refractivity (Wildman–Crippen MR) is 79.7 cm³/mol. The third kappa shape index (κ3) is 2.81. The Morgan fingerprint density at radius 1 is 1.40 bits per heavy atom. The van der Waals surface area contributed by atoms with E-state index in [1.165, 1.54) is 11.8 Å². The Morgan fingerprint density at radius 3 is 2.75 bits per heavy atom. The molecule has 1 heterocycles. The lowest BCUT2D eigenvalue weighted by Gasteiger charge is -2.24. The minimum absolute atomic E-state index is 0.128. The van der Waals surface area contributed by atoms with Crippen molar-refractivity contribution in [2.24, 2.45) is 5.73 Å². The van der Waals surface area contributed by atoms with Crippen LogP contribution in [-0.4, -0.2) is 48.6 Å². The van der Waals surface area contributed by atoms with E-state index in [1.807, 2.05) is 24.5 Å². The van der Waals surface area contributed by atoms with Gasteiger partial charge in [-0.3, -0.25) is 9.59 Å². The number of nitrogens with zero attached hydrogens (tertiary/aromatic N) is 1. The highest BCUT2D eigenvalue weighted by molar-refractivity contribution is 7.98. The first-order valence-electron chi connectivity index (χ1n) is 6.49. The number of rotatable bonds is 3. The molecular formula is C14H19N3O2S. The van der Waals surface area contributed by atoms with Crippen LogP contribution in [0.15, 0.2) is 29.2 Å². The SMILES string of the molecule is CNC(=O)[C@@H]1C[C@@H](N)CN1C(=O)c1ccccc1SC. The average Bonchev–Trinajstić information content (AvgIpc) is 2.87. The van der Waals surface area contributed by atoms with Gasteiger partial charge in [0.05, 0.1) is 5.56 Å². The van der Waals surface area contributed by atoms with Crippen molar-refractivity contribution in [2.45, 2.75) is 23.4 Å². The molecule has 0 saturated carbocycles. The van der Waals surface area contributed by atoms with Crippen molar-refractivity contribution < 1.29 is 9.59 Å². The minimum atomic E-state index is -0.475. The van der Waals surface area contributed by atoms with Crippen molar-refractivity contribution in [1.29, 1.82) is 0 Å². The molecule has 0 unspecified atom stereocenters. The third-order valence-electron chi connectivity index (χ3n) is 3.48. The first-order chi connectivity index (χ1) is 9.58. The standard InChI is InChI=1S/C14H19N3O2S/c1-16-13(18)11-7-9(15)8-17(11)14(19)10-5-3-4-6-12(10)20-2/h3-6,9,11H,7-8,15H2,1-2H3,(H,16,18)/t9-,11+/m1/s1. The number of carbonyl (C=O) groups excluding carboxylic acids is 2. The molecule has 0 aliphatic carbocycles. The maximum atomic E-state index is 12.7. The summed E-state index contributed by atoms with van der Waals surface area (Å²) in [5, 5.41) is 2.60. The zero-order valence-corrected chi connectivity index (χ0v) is 12.4. The number of benzene rings is 1. The van der Waals surface area contributed by atoms with Gasteiger partial charge in [-0.2, -0.15) is 0 Å². The number of carbonyl (C=O) groups is 2. The lowest BCUT2D eigenvalue weighted by molar-refractivity contribution is -0.124. The molecule has 1 aliphatic rings. The van der Waals surface area contributed by atoms with Crippen LogP contribution in [0.2, 0.25) is 0 Å². The van der Waals surface area contributed by atoms with Crippen LogP contribution in [0.1, 0.15) is 16.8 Å². The highest BCUT2D eigenvalue weighted by Gasteiger charge is 2.38. The molecule has 1 aliphatic heterocycles. The first-order valence-corrected chi connectivity index (χ1v) is 7.72. The maximum absolute atomic E-state index is 12.7. The van der Waals surface area contributed by atoms with E-state index in [-0.39, 0.29) is 17.9 Å². The van der Waals surface area contributed by atoms with Crippen molar-refractivity contribution in [3.63, 3.8) is 0 Å². The van der Waals surface area contributed by atoms with Crippen LogP contribution in [0.4, 0.5) is 0 Å². The van der Waals surface area contributed by atoms with Gasteiger partial charge in [-0.05, 0) is 24.8 Å². The molecule has 0 bridgehead atoms. The maximum Gasteiger partial charge on any atom is 0.255 e. The van der Waals surface area contributed by atoms with Crippen LogP contribution in [0.3, 0.4) is 0 Å². The summed E-state index contributed by atoms with van der Waals surface area (Å²) in [7, 11) is 1.57. The topological polar surface area (TPSA) is 75.4 Å². The molecule has 1 aromatic rings. The van der Waals surface area contributed by atoms with Gasteiger partial charge in [-0.1, -0.05) is 12.1 Å². The Balaban J connectivity index is 2.29. The van der Waals surface area contributed by atoms with Crippen LogP contribution in [-0.2, 0) is 4.79 Å². The lowest BCUT2D eigenvalue weighted by Crippen LogP contribution is -2.45. The van der Waals surface area contributed by atoms with E-state index in [9.17, 15) is 9.59 Å². The van der Waals surface area contributed by atoms with Crippen molar-refractivity contribution in [2.75, 3.05) is 19.8 Å². The highest BCUT2D eigenvalue weighted by Crippen LogP contribution is 2.25. The van der Waals surface area contributed by atoms with E-state index in [4.69, 9.17) is 5.73 Å². The van der Waals surface area contributed by atoms with Gasteiger partial charge >= 0.3 is 0 Å². The van der Waals surface area contributed by atoms with E-state index in [0.717, 1.165) is 4.90 Å². The van der Waals surface area contributed by atoms with Crippen LogP contribution >= 0.6 is 11.8 Å².